The summed E-state index contributed by atoms with van der Waals surface area (Å²) in [5, 5.41) is 15.3. The quantitative estimate of drug-likeness (QED) is 0.255. The summed E-state index contributed by atoms with van der Waals surface area (Å²) >= 11 is 9.35. The van der Waals surface area contributed by atoms with Crippen LogP contribution in [0.1, 0.15) is 21.9 Å². The molecular weight excluding hydrogens is 470 g/mol. The van der Waals surface area contributed by atoms with E-state index in [0.29, 0.717) is 46.4 Å². The molecule has 0 unspecified atom stereocenters. The first kappa shape index (κ1) is 22.5. The summed E-state index contributed by atoms with van der Waals surface area (Å²) in [5.74, 6) is 1.49. The first-order valence-electron chi connectivity index (χ1n) is 9.76. The van der Waals surface area contributed by atoms with Gasteiger partial charge in [0, 0.05) is 25.6 Å². The topological polar surface area (TPSA) is 95.1 Å². The van der Waals surface area contributed by atoms with Crippen LogP contribution < -0.4 is 5.32 Å². The molecule has 0 aliphatic heterocycles. The Bertz CT molecular complexity index is 1180. The number of amides is 1. The number of hydrogen-bond acceptors (Lipinski definition) is 8. The van der Waals surface area contributed by atoms with Gasteiger partial charge < -0.3 is 14.5 Å². The molecule has 4 aromatic rings. The van der Waals surface area contributed by atoms with E-state index in [1.807, 2.05) is 34.9 Å². The lowest BCUT2D eigenvalue weighted by Gasteiger charge is -2.10. The number of furan rings is 1. The first-order chi connectivity index (χ1) is 15.7. The second-order valence-electron chi connectivity index (χ2n) is 6.59. The fraction of sp³-hybridized carbons (Fsp3) is 0.238. The lowest BCUT2D eigenvalue weighted by Crippen LogP contribution is -2.25. The highest BCUT2D eigenvalue weighted by Crippen LogP contribution is 2.33. The molecule has 3 heterocycles. The third-order valence-corrected chi connectivity index (χ3v) is 6.68. The minimum absolute atomic E-state index is 0.187. The Balaban J connectivity index is 1.50. The monoisotopic (exact) mass is 489 g/mol. The van der Waals surface area contributed by atoms with Crippen LogP contribution in [0.5, 0.6) is 0 Å². The molecule has 0 radical (unpaired) electrons. The molecule has 0 bridgehead atoms. The molecule has 0 saturated carbocycles. The average molecular weight is 490 g/mol. The molecule has 3 aromatic heterocycles. The molecule has 0 atom stereocenters. The molecule has 0 aliphatic rings. The Hall–Kier alpha value is -2.66. The third-order valence-electron chi connectivity index (χ3n) is 4.39. The largest absolute Gasteiger partial charge is 0.461 e. The normalized spacial score (nSPS) is 11.1. The number of nitrogens with one attached hydrogen (secondary N) is 1. The summed E-state index contributed by atoms with van der Waals surface area (Å²) in [5.41, 5.74) is 1.16. The van der Waals surface area contributed by atoms with Crippen LogP contribution in [0.4, 0.5) is 0 Å². The van der Waals surface area contributed by atoms with Crippen molar-refractivity contribution in [1.29, 1.82) is 0 Å². The highest BCUT2D eigenvalue weighted by Gasteiger charge is 2.20. The molecule has 0 saturated heterocycles. The van der Waals surface area contributed by atoms with Crippen molar-refractivity contribution in [2.24, 2.45) is 0 Å². The Morgan fingerprint density at radius 1 is 1.28 bits per heavy atom. The molecule has 8 nitrogen and oxygen atoms in total. The number of para-hydroxylation sites is 1. The summed E-state index contributed by atoms with van der Waals surface area (Å²) in [6.07, 6.45) is 2.34. The minimum atomic E-state index is -0.187. The summed E-state index contributed by atoms with van der Waals surface area (Å²) in [7, 11) is 1.64. The van der Waals surface area contributed by atoms with Crippen LogP contribution in [0.25, 0.3) is 17.3 Å². The van der Waals surface area contributed by atoms with E-state index < -0.39 is 0 Å². The van der Waals surface area contributed by atoms with Gasteiger partial charge in [-0.2, -0.15) is 0 Å². The first-order valence-corrected chi connectivity index (χ1v) is 12.0. The summed E-state index contributed by atoms with van der Waals surface area (Å²) in [6, 6.07) is 11.1. The van der Waals surface area contributed by atoms with Crippen LogP contribution in [-0.4, -0.2) is 45.9 Å². The number of benzene rings is 1. The number of methoxy groups -OCH3 is 1. The van der Waals surface area contributed by atoms with Gasteiger partial charge in [0.15, 0.2) is 10.9 Å². The van der Waals surface area contributed by atoms with Crippen molar-refractivity contribution in [1.82, 2.24) is 25.1 Å². The molecule has 4 rings (SSSR count). The minimum Gasteiger partial charge on any atom is -0.461 e. The van der Waals surface area contributed by atoms with Crippen molar-refractivity contribution in [3.8, 4) is 17.3 Å². The average Bonchev–Trinajstić information content (AvgIpc) is 3.56. The number of halogens is 1. The number of rotatable bonds is 10. The lowest BCUT2D eigenvalue weighted by atomic mass is 10.3. The third kappa shape index (κ3) is 5.21. The van der Waals surface area contributed by atoms with E-state index in [1.165, 1.54) is 23.1 Å². The van der Waals surface area contributed by atoms with Gasteiger partial charge in [-0.3, -0.25) is 9.36 Å². The number of nitrogens with zero attached hydrogens (tertiary/aromatic N) is 4. The highest BCUT2D eigenvalue weighted by molar-refractivity contribution is 7.98. The molecule has 166 valence electrons. The zero-order chi connectivity index (χ0) is 22.3. The summed E-state index contributed by atoms with van der Waals surface area (Å²) in [6.45, 7) is 1.15. The van der Waals surface area contributed by atoms with Crippen molar-refractivity contribution in [2.75, 3.05) is 20.3 Å². The smallest absolute Gasteiger partial charge is 0.270 e. The SMILES string of the molecule is COCCCNC(=O)c1csc(CSc2nnc(-c3ccco3)n2-c2ccccc2Cl)n1. The van der Waals surface area contributed by atoms with Gasteiger partial charge in [0.1, 0.15) is 10.7 Å². The summed E-state index contributed by atoms with van der Waals surface area (Å²) < 4.78 is 12.4. The number of carbonyl (C=O) groups excluding carboxylic acids is 1. The van der Waals surface area contributed by atoms with E-state index in [9.17, 15) is 4.79 Å². The maximum atomic E-state index is 12.2. The Morgan fingerprint density at radius 2 is 2.16 bits per heavy atom. The van der Waals surface area contributed by atoms with Crippen molar-refractivity contribution in [3.63, 3.8) is 0 Å². The predicted molar refractivity (Wildman–Crippen MR) is 125 cm³/mol. The molecule has 11 heteroatoms. The number of hydrogen-bond donors (Lipinski definition) is 1. The summed E-state index contributed by atoms with van der Waals surface area (Å²) in [4.78, 5) is 16.7. The van der Waals surface area contributed by atoms with Gasteiger partial charge in [-0.15, -0.1) is 21.5 Å². The second kappa shape index (κ2) is 10.8. The number of thioether (sulfide) groups is 1. The maximum absolute atomic E-state index is 12.2. The van der Waals surface area contributed by atoms with Crippen molar-refractivity contribution < 1.29 is 13.9 Å². The van der Waals surface area contributed by atoms with Gasteiger partial charge in [0.25, 0.3) is 5.91 Å². The van der Waals surface area contributed by atoms with Gasteiger partial charge in [0.05, 0.1) is 22.7 Å². The Kier molecular flexibility index (Phi) is 7.59. The maximum Gasteiger partial charge on any atom is 0.270 e. The number of ether oxygens (including phenoxy) is 1. The van der Waals surface area contributed by atoms with Crippen molar-refractivity contribution in [2.45, 2.75) is 17.3 Å². The van der Waals surface area contributed by atoms with Crippen molar-refractivity contribution in [3.05, 3.63) is 63.8 Å². The molecule has 1 amide bonds. The van der Waals surface area contributed by atoms with Crippen LogP contribution >= 0.6 is 34.7 Å². The predicted octanol–water partition coefficient (Wildman–Crippen LogP) is 4.70. The Labute approximate surface area is 198 Å². The number of thiazole rings is 1. The Morgan fingerprint density at radius 3 is 2.94 bits per heavy atom. The van der Waals surface area contributed by atoms with Gasteiger partial charge in [0.2, 0.25) is 5.82 Å². The van der Waals surface area contributed by atoms with Crippen molar-refractivity contribution >= 4 is 40.6 Å². The molecule has 32 heavy (non-hydrogen) atoms. The highest BCUT2D eigenvalue weighted by atomic mass is 35.5. The van der Waals surface area contributed by atoms with Gasteiger partial charge in [-0.05, 0) is 30.7 Å². The van der Waals surface area contributed by atoms with E-state index in [2.05, 4.69) is 20.5 Å². The number of aromatic nitrogens is 4. The van der Waals surface area contributed by atoms with Crippen LogP contribution in [-0.2, 0) is 10.5 Å². The zero-order valence-electron chi connectivity index (χ0n) is 17.2. The zero-order valence-corrected chi connectivity index (χ0v) is 19.5. The molecule has 0 spiro atoms. The van der Waals surface area contributed by atoms with Crippen LogP contribution in [0.2, 0.25) is 5.02 Å². The fourth-order valence-corrected chi connectivity index (χ4v) is 4.85. The van der Waals surface area contributed by atoms with Gasteiger partial charge in [-0.1, -0.05) is 35.5 Å². The second-order valence-corrected chi connectivity index (χ2v) is 8.88. The van der Waals surface area contributed by atoms with Crippen LogP contribution in [0.15, 0.2) is 57.6 Å². The van der Waals surface area contributed by atoms with E-state index >= 15 is 0 Å². The molecular formula is C21H20ClN5O3S2. The fourth-order valence-electron chi connectivity index (χ4n) is 2.90. The number of carbonyl (C=O) groups is 1. The molecule has 0 aliphatic carbocycles. The van der Waals surface area contributed by atoms with Crippen LogP contribution in [0.3, 0.4) is 0 Å². The lowest BCUT2D eigenvalue weighted by molar-refractivity contribution is 0.0944. The van der Waals surface area contributed by atoms with E-state index in [-0.39, 0.29) is 5.91 Å². The van der Waals surface area contributed by atoms with E-state index in [1.54, 1.807) is 24.8 Å². The molecule has 1 aromatic carbocycles. The van der Waals surface area contributed by atoms with Crippen LogP contribution in [0, 0.1) is 0 Å². The van der Waals surface area contributed by atoms with E-state index in [4.69, 9.17) is 20.8 Å². The van der Waals surface area contributed by atoms with Gasteiger partial charge in [-0.25, -0.2) is 4.98 Å². The standard InChI is InChI=1S/C21H20ClN5O3S2/c1-29-10-5-9-23-20(28)15-12-31-18(24-15)13-32-21-26-25-19(17-8-4-11-30-17)27(21)16-7-3-2-6-14(16)22/h2-4,6-8,11-12H,5,9-10,13H2,1H3,(H,23,28). The van der Waals surface area contributed by atoms with E-state index in [0.717, 1.165) is 17.1 Å². The van der Waals surface area contributed by atoms with Gasteiger partial charge >= 0.3 is 0 Å². The molecule has 1 N–H and O–H groups in total. The molecule has 0 fully saturated rings.